The minimum absolute atomic E-state index is 0.293. The van der Waals surface area contributed by atoms with Gasteiger partial charge in [-0.1, -0.05) is 24.2 Å². The van der Waals surface area contributed by atoms with Gasteiger partial charge in [0, 0.05) is 4.47 Å². The molecule has 0 aliphatic carbocycles. The first kappa shape index (κ1) is 11.3. The van der Waals surface area contributed by atoms with Crippen molar-refractivity contribution in [2.45, 2.75) is 0 Å². The quantitative estimate of drug-likeness (QED) is 0.611. The van der Waals surface area contributed by atoms with Gasteiger partial charge in [-0.05, 0) is 33.6 Å². The summed E-state index contributed by atoms with van der Waals surface area (Å²) in [6, 6.07) is 5.16. The maximum Gasteiger partial charge on any atom is 0.337 e. The van der Waals surface area contributed by atoms with Crippen molar-refractivity contribution in [3.05, 3.63) is 39.8 Å². The van der Waals surface area contributed by atoms with E-state index < -0.39 is 5.97 Å². The maximum atomic E-state index is 11.1. The Labute approximate surface area is 95.6 Å². The van der Waals surface area contributed by atoms with Gasteiger partial charge in [0.05, 0.1) is 17.7 Å². The van der Waals surface area contributed by atoms with Crippen LogP contribution in [0.2, 0.25) is 5.02 Å². The van der Waals surface area contributed by atoms with Gasteiger partial charge in [0.25, 0.3) is 0 Å². The molecule has 0 fully saturated rings. The number of methoxy groups -OCH3 is 1. The van der Waals surface area contributed by atoms with E-state index in [-0.39, 0.29) is 0 Å². The van der Waals surface area contributed by atoms with Crippen LogP contribution in [0.15, 0.2) is 29.3 Å². The molecule has 4 heteroatoms. The summed E-state index contributed by atoms with van der Waals surface area (Å²) in [5.41, 5.74) is 0.951. The predicted molar refractivity (Wildman–Crippen MR) is 60.2 cm³/mol. The van der Waals surface area contributed by atoms with Gasteiger partial charge in [-0.3, -0.25) is 0 Å². The zero-order chi connectivity index (χ0) is 10.7. The molecule has 14 heavy (non-hydrogen) atoms. The van der Waals surface area contributed by atoms with Gasteiger partial charge >= 0.3 is 5.97 Å². The van der Waals surface area contributed by atoms with E-state index in [1.807, 2.05) is 0 Å². The van der Waals surface area contributed by atoms with Crippen LogP contribution in [0, 0.1) is 0 Å². The third-order valence-electron chi connectivity index (χ3n) is 1.70. The summed E-state index contributed by atoms with van der Waals surface area (Å²) < 4.78 is 5.32. The van der Waals surface area contributed by atoms with Crippen LogP contribution >= 0.6 is 27.5 Å². The molecule has 0 N–H and O–H groups in total. The van der Waals surface area contributed by atoms with Crippen molar-refractivity contribution >= 4 is 39.1 Å². The Morgan fingerprint density at radius 3 is 2.71 bits per heavy atom. The highest BCUT2D eigenvalue weighted by molar-refractivity contribution is 9.10. The van der Waals surface area contributed by atoms with Crippen LogP contribution in [0.3, 0.4) is 0 Å². The van der Waals surface area contributed by atoms with Crippen molar-refractivity contribution in [1.29, 1.82) is 0 Å². The average molecular weight is 276 g/mol. The summed E-state index contributed by atoms with van der Waals surface area (Å²) in [6.07, 6.45) is 0. The van der Waals surface area contributed by atoms with E-state index in [1.165, 1.54) is 7.11 Å². The van der Waals surface area contributed by atoms with Crippen LogP contribution in [0.1, 0.15) is 5.56 Å². The number of carbonyl (C=O) groups is 1. The number of benzene rings is 1. The number of rotatable bonds is 2. The molecule has 0 heterocycles. The molecule has 0 aliphatic rings. The lowest BCUT2D eigenvalue weighted by Gasteiger charge is -2.04. The molecule has 1 rings (SSSR count). The number of hydrogen-bond acceptors (Lipinski definition) is 2. The molecule has 0 bridgehead atoms. The van der Waals surface area contributed by atoms with Crippen molar-refractivity contribution in [1.82, 2.24) is 0 Å². The minimum atomic E-state index is -0.455. The Bertz CT molecular complexity index is 388. The van der Waals surface area contributed by atoms with Crippen LogP contribution in [0.4, 0.5) is 0 Å². The fourth-order valence-corrected chi connectivity index (χ4v) is 1.35. The second-order valence-corrected chi connectivity index (χ2v) is 3.86. The summed E-state index contributed by atoms with van der Waals surface area (Å²) in [7, 11) is 1.31. The van der Waals surface area contributed by atoms with E-state index in [4.69, 9.17) is 11.6 Å². The highest BCUT2D eigenvalue weighted by atomic mass is 79.9. The fourth-order valence-electron chi connectivity index (χ4n) is 0.925. The van der Waals surface area contributed by atoms with Crippen molar-refractivity contribution < 1.29 is 9.53 Å². The third-order valence-corrected chi connectivity index (χ3v) is 2.93. The summed E-state index contributed by atoms with van der Waals surface area (Å²) in [5, 5.41) is 0.535. The van der Waals surface area contributed by atoms with Gasteiger partial charge in [0.1, 0.15) is 0 Å². The molecule has 0 amide bonds. The van der Waals surface area contributed by atoms with Crippen molar-refractivity contribution in [3.63, 3.8) is 0 Å². The van der Waals surface area contributed by atoms with Crippen molar-refractivity contribution in [2.24, 2.45) is 0 Å². The first-order valence-electron chi connectivity index (χ1n) is 3.79. The van der Waals surface area contributed by atoms with Crippen LogP contribution in [0.5, 0.6) is 0 Å². The molecular weight excluding hydrogens is 267 g/mol. The highest BCUT2D eigenvalue weighted by Gasteiger charge is 2.10. The number of ether oxygens (including phenoxy) is 1. The number of hydrogen-bond donors (Lipinski definition) is 0. The summed E-state index contributed by atoms with van der Waals surface area (Å²) >= 11 is 9.12. The zero-order valence-corrected chi connectivity index (χ0v) is 9.85. The van der Waals surface area contributed by atoms with E-state index >= 15 is 0 Å². The molecule has 0 aromatic heterocycles. The Balaban J connectivity index is 3.03. The molecule has 1 aromatic carbocycles. The molecule has 1 aromatic rings. The van der Waals surface area contributed by atoms with Gasteiger partial charge in [0.15, 0.2) is 0 Å². The van der Waals surface area contributed by atoms with Crippen molar-refractivity contribution in [2.75, 3.05) is 7.11 Å². The van der Waals surface area contributed by atoms with E-state index in [9.17, 15) is 4.79 Å². The smallest absolute Gasteiger partial charge is 0.337 e. The van der Waals surface area contributed by atoms with Gasteiger partial charge in [-0.2, -0.15) is 0 Å². The van der Waals surface area contributed by atoms with Gasteiger partial charge in [-0.25, -0.2) is 4.79 Å². The first-order chi connectivity index (χ1) is 6.56. The number of halogens is 2. The van der Waals surface area contributed by atoms with Crippen LogP contribution in [0.25, 0.3) is 5.57 Å². The zero-order valence-electron chi connectivity index (χ0n) is 7.51. The highest BCUT2D eigenvalue weighted by Crippen LogP contribution is 2.26. The molecule has 74 valence electrons. The average Bonchev–Trinajstić information content (AvgIpc) is 2.20. The Morgan fingerprint density at radius 1 is 1.57 bits per heavy atom. The second-order valence-electron chi connectivity index (χ2n) is 2.60. The van der Waals surface area contributed by atoms with E-state index in [1.54, 1.807) is 18.2 Å². The van der Waals surface area contributed by atoms with Gasteiger partial charge in [-0.15, -0.1) is 0 Å². The minimum Gasteiger partial charge on any atom is -0.465 e. The predicted octanol–water partition coefficient (Wildman–Crippen LogP) is 3.29. The summed E-state index contributed by atoms with van der Waals surface area (Å²) in [5.74, 6) is -0.455. The topological polar surface area (TPSA) is 26.3 Å². The maximum absolute atomic E-state index is 11.1. The first-order valence-corrected chi connectivity index (χ1v) is 4.96. The Hall–Kier alpha value is -0.800. The number of esters is 1. The van der Waals surface area contributed by atoms with Crippen LogP contribution in [-0.4, -0.2) is 13.1 Å². The molecule has 0 atom stereocenters. The molecule has 0 unspecified atom stereocenters. The normalized spacial score (nSPS) is 9.64. The molecule has 2 nitrogen and oxygen atoms in total. The SMILES string of the molecule is C=C(C(=O)OC)c1ccc(Br)c(Cl)c1. The van der Waals surface area contributed by atoms with E-state index in [0.717, 1.165) is 4.47 Å². The third kappa shape index (κ3) is 2.36. The fraction of sp³-hybridized carbons (Fsp3) is 0.100. The largest absolute Gasteiger partial charge is 0.465 e. The molecule has 0 spiro atoms. The monoisotopic (exact) mass is 274 g/mol. The summed E-state index contributed by atoms with van der Waals surface area (Å²) in [6.45, 7) is 3.62. The lowest BCUT2D eigenvalue weighted by Crippen LogP contribution is -2.02. The Morgan fingerprint density at radius 2 is 2.21 bits per heavy atom. The lowest BCUT2D eigenvalue weighted by molar-refractivity contribution is -0.133. The molecule has 0 saturated heterocycles. The Kier molecular flexibility index (Phi) is 3.72. The van der Waals surface area contributed by atoms with E-state index in [0.29, 0.717) is 16.2 Å². The number of carbonyl (C=O) groups excluding carboxylic acids is 1. The molecule has 0 saturated carbocycles. The van der Waals surface area contributed by atoms with E-state index in [2.05, 4.69) is 27.2 Å². The second kappa shape index (κ2) is 4.62. The van der Waals surface area contributed by atoms with Crippen LogP contribution in [-0.2, 0) is 9.53 Å². The molecular formula is C10H8BrClO2. The van der Waals surface area contributed by atoms with Gasteiger partial charge in [0.2, 0.25) is 0 Å². The summed E-state index contributed by atoms with van der Waals surface area (Å²) in [4.78, 5) is 11.1. The van der Waals surface area contributed by atoms with Crippen molar-refractivity contribution in [3.8, 4) is 0 Å². The lowest BCUT2D eigenvalue weighted by atomic mass is 10.1. The standard InChI is InChI=1S/C10H8BrClO2/c1-6(10(13)14-2)7-3-4-8(11)9(12)5-7/h3-5H,1H2,2H3. The van der Waals surface area contributed by atoms with Crippen LogP contribution < -0.4 is 0 Å². The molecule has 0 aliphatic heterocycles. The van der Waals surface area contributed by atoms with Gasteiger partial charge < -0.3 is 4.74 Å². The molecule has 0 radical (unpaired) electrons.